The normalized spacial score (nSPS) is 11.2. The molecule has 2 amide bonds. The molecule has 0 saturated carbocycles. The molecular formula is C17H21ClN6O2. The van der Waals surface area contributed by atoms with Crippen molar-refractivity contribution < 1.29 is 9.53 Å². The average molecular weight is 377 g/mol. The second-order valence-electron chi connectivity index (χ2n) is 5.41. The fraction of sp³-hybridized carbons (Fsp3) is 0.294. The van der Waals surface area contributed by atoms with Crippen LogP contribution >= 0.6 is 11.6 Å². The summed E-state index contributed by atoms with van der Waals surface area (Å²) < 4.78 is 4.99. The molecule has 8 nitrogen and oxygen atoms in total. The molecule has 3 N–H and O–H groups in total. The summed E-state index contributed by atoms with van der Waals surface area (Å²) in [5, 5.41) is 8.77. The van der Waals surface area contributed by atoms with Crippen LogP contribution < -0.4 is 16.0 Å². The van der Waals surface area contributed by atoms with E-state index in [1.165, 1.54) is 0 Å². The molecule has 0 aliphatic rings. The van der Waals surface area contributed by atoms with Crippen LogP contribution in [0, 0.1) is 13.8 Å². The average Bonchev–Trinajstić information content (AvgIpc) is 2.53. The van der Waals surface area contributed by atoms with Crippen LogP contribution in [0.4, 0.5) is 16.4 Å². The maximum Gasteiger partial charge on any atom is 0.326 e. The largest absolute Gasteiger partial charge is 0.383 e. The molecule has 0 fully saturated rings. The van der Waals surface area contributed by atoms with E-state index < -0.39 is 6.03 Å². The lowest BCUT2D eigenvalue weighted by Gasteiger charge is -2.12. The number of benzene rings is 1. The summed E-state index contributed by atoms with van der Waals surface area (Å²) in [6, 6.07) is 8.22. The van der Waals surface area contributed by atoms with Gasteiger partial charge in [0.1, 0.15) is 0 Å². The number of nitrogens with zero attached hydrogens (tertiary/aromatic N) is 3. The number of aromatic nitrogens is 2. The number of aryl methyl sites for hydroxylation is 2. The number of amides is 2. The fourth-order valence-electron chi connectivity index (χ4n) is 2.08. The quantitative estimate of drug-likeness (QED) is 0.423. The highest BCUT2D eigenvalue weighted by molar-refractivity contribution is 6.30. The first kappa shape index (κ1) is 19.6. The van der Waals surface area contributed by atoms with E-state index in [0.717, 1.165) is 11.4 Å². The molecule has 1 aromatic heterocycles. The zero-order valence-corrected chi connectivity index (χ0v) is 15.6. The Balaban J connectivity index is 2.08. The third kappa shape index (κ3) is 6.66. The maximum absolute atomic E-state index is 12.2. The van der Waals surface area contributed by atoms with Crippen molar-refractivity contribution in [1.29, 1.82) is 0 Å². The number of halogens is 1. The van der Waals surface area contributed by atoms with Gasteiger partial charge in [0, 0.05) is 29.2 Å². The number of anilines is 2. The number of rotatable bonds is 5. The number of hydrogen-bond donors (Lipinski definition) is 3. The highest BCUT2D eigenvalue weighted by Crippen LogP contribution is 2.14. The van der Waals surface area contributed by atoms with Crippen LogP contribution in [0.3, 0.4) is 0 Å². The molecule has 1 aromatic carbocycles. The van der Waals surface area contributed by atoms with Gasteiger partial charge in [-0.15, -0.1) is 0 Å². The molecule has 0 saturated heterocycles. The van der Waals surface area contributed by atoms with Crippen molar-refractivity contribution in [2.24, 2.45) is 4.99 Å². The van der Waals surface area contributed by atoms with Crippen molar-refractivity contribution in [3.8, 4) is 0 Å². The Morgan fingerprint density at radius 2 is 1.92 bits per heavy atom. The molecule has 2 aromatic rings. The van der Waals surface area contributed by atoms with Gasteiger partial charge < -0.3 is 10.1 Å². The predicted octanol–water partition coefficient (Wildman–Crippen LogP) is 2.98. The molecule has 0 spiro atoms. The summed E-state index contributed by atoms with van der Waals surface area (Å²) in [7, 11) is 1.58. The van der Waals surface area contributed by atoms with Gasteiger partial charge in [0.05, 0.1) is 13.2 Å². The van der Waals surface area contributed by atoms with Crippen molar-refractivity contribution in [1.82, 2.24) is 15.3 Å². The van der Waals surface area contributed by atoms with Gasteiger partial charge in [0.25, 0.3) is 0 Å². The first-order valence-corrected chi connectivity index (χ1v) is 8.30. The van der Waals surface area contributed by atoms with Gasteiger partial charge in [-0.25, -0.2) is 14.8 Å². The van der Waals surface area contributed by atoms with E-state index >= 15 is 0 Å². The number of methoxy groups -OCH3 is 1. The number of hydrogen-bond acceptors (Lipinski definition) is 5. The molecule has 138 valence electrons. The van der Waals surface area contributed by atoms with Crippen LogP contribution in [0.25, 0.3) is 0 Å². The summed E-state index contributed by atoms with van der Waals surface area (Å²) in [6.07, 6.45) is 0. The fourth-order valence-corrected chi connectivity index (χ4v) is 2.27. The van der Waals surface area contributed by atoms with Crippen molar-refractivity contribution in [2.45, 2.75) is 13.8 Å². The van der Waals surface area contributed by atoms with E-state index in [4.69, 9.17) is 16.3 Å². The standard InChI is InChI=1S/C17H21ClN6O2/c1-11-9-12(2)21-16(20-11)23-15(19-7-8-26-3)24-17(25)22-14-6-4-5-13(18)10-14/h4-6,9-10H,7-8H2,1-3H3,(H3,19,20,21,22,23,24,25). The van der Waals surface area contributed by atoms with E-state index in [-0.39, 0.29) is 5.96 Å². The third-order valence-corrected chi connectivity index (χ3v) is 3.33. The monoisotopic (exact) mass is 376 g/mol. The lowest BCUT2D eigenvalue weighted by molar-refractivity contribution is 0.208. The maximum atomic E-state index is 12.2. The topological polar surface area (TPSA) is 101 Å². The molecule has 1 heterocycles. The number of aliphatic imine (C=N–C) groups is 1. The van der Waals surface area contributed by atoms with Crippen molar-refractivity contribution >= 4 is 35.2 Å². The summed E-state index contributed by atoms with van der Waals surface area (Å²) in [5.41, 5.74) is 2.17. The Morgan fingerprint density at radius 3 is 2.58 bits per heavy atom. The van der Waals surface area contributed by atoms with Gasteiger partial charge in [0.2, 0.25) is 11.9 Å². The van der Waals surface area contributed by atoms with E-state index in [0.29, 0.717) is 29.8 Å². The number of guanidine groups is 1. The summed E-state index contributed by atoms with van der Waals surface area (Å²) in [4.78, 5) is 25.1. The van der Waals surface area contributed by atoms with Crippen LogP contribution in [0.5, 0.6) is 0 Å². The molecule has 26 heavy (non-hydrogen) atoms. The van der Waals surface area contributed by atoms with Crippen LogP contribution in [0.2, 0.25) is 5.02 Å². The minimum absolute atomic E-state index is 0.214. The Labute approximate surface area is 157 Å². The molecule has 9 heteroatoms. The molecule has 0 radical (unpaired) electrons. The molecule has 0 aliphatic heterocycles. The molecule has 0 aliphatic carbocycles. The van der Waals surface area contributed by atoms with E-state index in [2.05, 4.69) is 30.9 Å². The molecular weight excluding hydrogens is 356 g/mol. The Bertz CT molecular complexity index is 776. The van der Waals surface area contributed by atoms with Crippen LogP contribution in [0.15, 0.2) is 35.3 Å². The van der Waals surface area contributed by atoms with Gasteiger partial charge in [-0.2, -0.15) is 0 Å². The molecule has 2 rings (SSSR count). The van der Waals surface area contributed by atoms with E-state index in [1.807, 2.05) is 19.9 Å². The number of carbonyl (C=O) groups excluding carboxylic acids is 1. The zero-order chi connectivity index (χ0) is 18.9. The first-order valence-electron chi connectivity index (χ1n) is 7.92. The van der Waals surface area contributed by atoms with Gasteiger partial charge in [0.15, 0.2) is 0 Å². The highest BCUT2D eigenvalue weighted by atomic mass is 35.5. The van der Waals surface area contributed by atoms with Gasteiger partial charge in [-0.05, 0) is 38.1 Å². The van der Waals surface area contributed by atoms with Crippen molar-refractivity contribution in [3.63, 3.8) is 0 Å². The molecule has 0 bridgehead atoms. The Kier molecular flexibility index (Phi) is 7.31. The van der Waals surface area contributed by atoms with Crippen LogP contribution in [-0.2, 0) is 4.74 Å². The number of ether oxygens (including phenoxy) is 1. The number of carbonyl (C=O) groups is 1. The summed E-state index contributed by atoms with van der Waals surface area (Å²) in [5.74, 6) is 0.563. The lowest BCUT2D eigenvalue weighted by Crippen LogP contribution is -2.39. The zero-order valence-electron chi connectivity index (χ0n) is 14.8. The minimum Gasteiger partial charge on any atom is -0.383 e. The third-order valence-electron chi connectivity index (χ3n) is 3.09. The van der Waals surface area contributed by atoms with Crippen LogP contribution in [-0.4, -0.2) is 42.2 Å². The first-order chi connectivity index (χ1) is 12.5. The summed E-state index contributed by atoms with van der Waals surface area (Å²) >= 11 is 5.92. The lowest BCUT2D eigenvalue weighted by atomic mass is 10.3. The van der Waals surface area contributed by atoms with Crippen molar-refractivity contribution in [3.05, 3.63) is 46.7 Å². The summed E-state index contributed by atoms with van der Waals surface area (Å²) in [6.45, 7) is 4.50. The predicted molar refractivity (Wildman–Crippen MR) is 103 cm³/mol. The highest BCUT2D eigenvalue weighted by Gasteiger charge is 2.09. The van der Waals surface area contributed by atoms with E-state index in [9.17, 15) is 4.79 Å². The molecule has 0 atom stereocenters. The number of nitrogens with one attached hydrogen (secondary N) is 3. The van der Waals surface area contributed by atoms with E-state index in [1.54, 1.807) is 31.4 Å². The molecule has 0 unspecified atom stereocenters. The van der Waals surface area contributed by atoms with Gasteiger partial charge in [-0.1, -0.05) is 17.7 Å². The second kappa shape index (κ2) is 9.69. The SMILES string of the molecule is COCCN=C(NC(=O)Nc1cccc(Cl)c1)Nc1nc(C)cc(C)n1. The minimum atomic E-state index is -0.472. The van der Waals surface area contributed by atoms with Gasteiger partial charge >= 0.3 is 6.03 Å². The van der Waals surface area contributed by atoms with Gasteiger partial charge in [-0.3, -0.25) is 15.6 Å². The Morgan fingerprint density at radius 1 is 1.19 bits per heavy atom. The second-order valence-corrected chi connectivity index (χ2v) is 5.85. The van der Waals surface area contributed by atoms with Crippen molar-refractivity contribution in [2.75, 3.05) is 30.9 Å². The smallest absolute Gasteiger partial charge is 0.326 e. The Hall–Kier alpha value is -2.71. The number of urea groups is 1. The van der Waals surface area contributed by atoms with Crippen LogP contribution in [0.1, 0.15) is 11.4 Å².